The van der Waals surface area contributed by atoms with E-state index in [1.807, 2.05) is 24.3 Å². The molecule has 1 aromatic carbocycles. The van der Waals surface area contributed by atoms with E-state index in [0.717, 1.165) is 24.8 Å². The number of fused-ring (bicyclic) bond motifs is 2. The molecule has 3 amide bonds. The number of hydrogen-bond donors (Lipinski definition) is 2. The minimum Gasteiger partial charge on any atom is -0.467 e. The topological polar surface area (TPSA) is 136 Å². The number of esters is 1. The average molecular weight is 629 g/mol. The van der Waals surface area contributed by atoms with E-state index in [0.29, 0.717) is 36.4 Å². The van der Waals surface area contributed by atoms with Crippen LogP contribution in [0.15, 0.2) is 41.6 Å². The van der Waals surface area contributed by atoms with Crippen molar-refractivity contribution in [2.24, 2.45) is 11.1 Å². The number of carbonyl (C=O) groups is 4. The van der Waals surface area contributed by atoms with E-state index in [1.165, 1.54) is 12.0 Å². The molecule has 2 fully saturated rings. The predicted octanol–water partition coefficient (Wildman–Crippen LogP) is 4.27. The number of halogens is 1. The molecule has 44 heavy (non-hydrogen) atoms. The number of amides is 3. The normalized spacial score (nSPS) is 30.6. The molecule has 0 radical (unpaired) electrons. The number of nitrogens with one attached hydrogen (secondary N) is 2. The van der Waals surface area contributed by atoms with Gasteiger partial charge in [0, 0.05) is 29.3 Å². The van der Waals surface area contributed by atoms with Gasteiger partial charge in [0.05, 0.1) is 19.4 Å². The lowest BCUT2D eigenvalue weighted by molar-refractivity contribution is -0.148. The molecule has 0 unspecified atom stereocenters. The first-order valence-corrected chi connectivity index (χ1v) is 15.6. The zero-order valence-electron chi connectivity index (χ0n) is 25.7. The summed E-state index contributed by atoms with van der Waals surface area (Å²) < 4.78 is 10.6. The number of methoxy groups -OCH3 is 1. The van der Waals surface area contributed by atoms with Gasteiger partial charge in [-0.05, 0) is 58.6 Å². The largest absolute Gasteiger partial charge is 0.467 e. The number of hydrogen-bond acceptors (Lipinski definition) is 8. The lowest BCUT2D eigenvalue weighted by atomic mass is 9.91. The number of alkyl carbamates (subject to hydrolysis) is 1. The van der Waals surface area contributed by atoms with Crippen LogP contribution in [0.3, 0.4) is 0 Å². The smallest absolute Gasteiger partial charge is 0.408 e. The average Bonchev–Trinajstić information content (AvgIpc) is 3.30. The van der Waals surface area contributed by atoms with Crippen LogP contribution >= 0.6 is 11.6 Å². The number of benzene rings is 1. The van der Waals surface area contributed by atoms with Crippen molar-refractivity contribution in [3.63, 3.8) is 0 Å². The zero-order chi connectivity index (χ0) is 31.7. The van der Waals surface area contributed by atoms with Crippen LogP contribution in [-0.4, -0.2) is 77.0 Å². The molecule has 1 spiro atoms. The fourth-order valence-corrected chi connectivity index (χ4v) is 6.53. The Kier molecular flexibility index (Phi) is 8.98. The fourth-order valence-electron chi connectivity index (χ4n) is 6.34. The van der Waals surface area contributed by atoms with E-state index in [-0.39, 0.29) is 18.9 Å². The summed E-state index contributed by atoms with van der Waals surface area (Å²) in [6.07, 6.45) is 7.76. The van der Waals surface area contributed by atoms with Crippen LogP contribution in [0.1, 0.15) is 77.7 Å². The Morgan fingerprint density at radius 1 is 1.18 bits per heavy atom. The highest BCUT2D eigenvalue weighted by Crippen LogP contribution is 2.47. The molecule has 1 saturated carbocycles. The lowest BCUT2D eigenvalue weighted by Crippen LogP contribution is -2.56. The van der Waals surface area contributed by atoms with Gasteiger partial charge in [0.25, 0.3) is 0 Å². The number of carbonyl (C=O) groups excluding carboxylic acids is 4. The number of ether oxygens (including phenoxy) is 2. The second kappa shape index (κ2) is 12.4. The van der Waals surface area contributed by atoms with Crippen LogP contribution in [0.25, 0.3) is 0 Å². The molecule has 2 N–H and O–H groups in total. The third kappa shape index (κ3) is 6.87. The quantitative estimate of drug-likeness (QED) is 0.377. The summed E-state index contributed by atoms with van der Waals surface area (Å²) in [5.74, 6) is -1.63. The van der Waals surface area contributed by atoms with E-state index in [2.05, 4.69) is 15.8 Å². The molecule has 1 saturated heterocycles. The molecule has 5 atom stereocenters. The van der Waals surface area contributed by atoms with E-state index in [4.69, 9.17) is 25.9 Å². The van der Waals surface area contributed by atoms with Crippen molar-refractivity contribution >= 4 is 41.2 Å². The Morgan fingerprint density at radius 3 is 2.70 bits per heavy atom. The molecular formula is C32H41ClN4O7. The van der Waals surface area contributed by atoms with E-state index < -0.39 is 52.7 Å². The summed E-state index contributed by atoms with van der Waals surface area (Å²) in [7, 11) is 1.30. The van der Waals surface area contributed by atoms with Crippen molar-refractivity contribution in [2.45, 2.75) is 101 Å². The van der Waals surface area contributed by atoms with Crippen LogP contribution in [0, 0.1) is 5.92 Å². The molecule has 238 valence electrons. The molecule has 5 rings (SSSR count). The minimum absolute atomic E-state index is 0.0680. The molecule has 1 aliphatic carbocycles. The van der Waals surface area contributed by atoms with Gasteiger partial charge in [-0.3, -0.25) is 9.59 Å². The summed E-state index contributed by atoms with van der Waals surface area (Å²) in [4.78, 5) is 61.5. The Hall–Kier alpha value is -3.60. The van der Waals surface area contributed by atoms with Gasteiger partial charge >= 0.3 is 12.1 Å². The van der Waals surface area contributed by atoms with Crippen molar-refractivity contribution in [3.05, 3.63) is 47.0 Å². The molecule has 3 aliphatic heterocycles. The van der Waals surface area contributed by atoms with Crippen molar-refractivity contribution in [1.29, 1.82) is 0 Å². The van der Waals surface area contributed by atoms with Crippen LogP contribution < -0.4 is 10.6 Å². The SMILES string of the molecule is COC(=O)[C@@]12C[C@H]1C=CCCCCC[C@H](NC(=O)OC(C)(C)C)C(=O)N1C[C@@]3(CC(c4cccc(Cl)c4)=NO3)C[C@H]1C(=O)N2. The minimum atomic E-state index is -1.19. The highest BCUT2D eigenvalue weighted by molar-refractivity contribution is 6.31. The monoisotopic (exact) mass is 628 g/mol. The van der Waals surface area contributed by atoms with Gasteiger partial charge in [0.2, 0.25) is 11.8 Å². The van der Waals surface area contributed by atoms with Crippen molar-refractivity contribution < 1.29 is 33.5 Å². The van der Waals surface area contributed by atoms with Gasteiger partial charge < -0.3 is 29.8 Å². The van der Waals surface area contributed by atoms with Crippen LogP contribution in [0.5, 0.6) is 0 Å². The van der Waals surface area contributed by atoms with Crippen molar-refractivity contribution in [2.75, 3.05) is 13.7 Å². The lowest BCUT2D eigenvalue weighted by Gasteiger charge is -2.30. The Morgan fingerprint density at radius 2 is 1.98 bits per heavy atom. The molecule has 11 nitrogen and oxygen atoms in total. The maximum absolute atomic E-state index is 14.3. The van der Waals surface area contributed by atoms with E-state index >= 15 is 0 Å². The summed E-state index contributed by atoms with van der Waals surface area (Å²) in [5, 5.41) is 10.6. The Balaban J connectivity index is 1.45. The van der Waals surface area contributed by atoms with Gasteiger partial charge in [-0.15, -0.1) is 0 Å². The number of nitrogens with zero attached hydrogens (tertiary/aromatic N) is 2. The molecule has 3 heterocycles. The molecular weight excluding hydrogens is 588 g/mol. The number of rotatable bonds is 3. The number of oxime groups is 1. The first-order valence-electron chi connectivity index (χ1n) is 15.2. The van der Waals surface area contributed by atoms with Gasteiger partial charge in [-0.1, -0.05) is 53.9 Å². The van der Waals surface area contributed by atoms with E-state index in [9.17, 15) is 19.2 Å². The molecule has 1 aromatic rings. The standard InChI is InChI=1S/C32H41ClN4O7/c1-30(2,3)43-29(41)34-23-14-9-7-5-6-8-12-21-16-32(21,28(40)42-4)35-26(38)25-18-31(19-37(25)27(23)39)17-24(36-44-31)20-11-10-13-22(33)15-20/h8,10-13,15,21,23,25H,5-7,9,14,16-19H2,1-4H3,(H,34,41)(H,35,38)/t21-,23+,25+,31-,32-/m1/s1. The summed E-state index contributed by atoms with van der Waals surface area (Å²) in [6.45, 7) is 5.32. The van der Waals surface area contributed by atoms with Gasteiger partial charge in [0.1, 0.15) is 23.2 Å². The van der Waals surface area contributed by atoms with E-state index in [1.54, 1.807) is 32.9 Å². The third-order valence-electron chi connectivity index (χ3n) is 8.61. The molecule has 12 heteroatoms. The second-order valence-corrected chi connectivity index (χ2v) is 13.6. The summed E-state index contributed by atoms with van der Waals surface area (Å²) in [6, 6.07) is 5.35. The Labute approximate surface area is 262 Å². The fraction of sp³-hybridized carbons (Fsp3) is 0.594. The van der Waals surface area contributed by atoms with Gasteiger partial charge in [-0.2, -0.15) is 0 Å². The van der Waals surface area contributed by atoms with Crippen LogP contribution in [0.2, 0.25) is 5.02 Å². The molecule has 0 bridgehead atoms. The Bertz CT molecular complexity index is 1370. The highest BCUT2D eigenvalue weighted by Gasteiger charge is 2.63. The maximum atomic E-state index is 14.3. The first-order chi connectivity index (χ1) is 20.8. The first kappa shape index (κ1) is 31.8. The summed E-state index contributed by atoms with van der Waals surface area (Å²) >= 11 is 6.22. The molecule has 4 aliphatic rings. The second-order valence-electron chi connectivity index (χ2n) is 13.2. The van der Waals surface area contributed by atoms with Crippen molar-refractivity contribution in [3.8, 4) is 0 Å². The maximum Gasteiger partial charge on any atom is 0.408 e. The number of allylic oxidation sites excluding steroid dienone is 1. The molecule has 0 aromatic heterocycles. The predicted molar refractivity (Wildman–Crippen MR) is 163 cm³/mol. The summed E-state index contributed by atoms with van der Waals surface area (Å²) in [5.41, 5.74) is -1.48. The van der Waals surface area contributed by atoms with Gasteiger partial charge in [0.15, 0.2) is 5.60 Å². The van der Waals surface area contributed by atoms with Crippen LogP contribution in [-0.2, 0) is 28.7 Å². The third-order valence-corrected chi connectivity index (χ3v) is 8.85. The van der Waals surface area contributed by atoms with Crippen LogP contribution in [0.4, 0.5) is 4.79 Å². The van der Waals surface area contributed by atoms with Crippen molar-refractivity contribution in [1.82, 2.24) is 15.5 Å². The van der Waals surface area contributed by atoms with Gasteiger partial charge in [-0.25, -0.2) is 9.59 Å². The zero-order valence-corrected chi connectivity index (χ0v) is 26.4. The highest BCUT2D eigenvalue weighted by atomic mass is 35.5.